The van der Waals surface area contributed by atoms with Gasteiger partial charge >= 0.3 is 17.9 Å². The maximum absolute atomic E-state index is 14.7. The van der Waals surface area contributed by atoms with Gasteiger partial charge in [0.05, 0.1) is 24.4 Å². The van der Waals surface area contributed by atoms with Crippen LogP contribution in [0.1, 0.15) is 175 Å². The molecule has 0 aromatic carbocycles. The van der Waals surface area contributed by atoms with Crippen LogP contribution in [0.2, 0.25) is 0 Å². The Morgan fingerprint density at radius 2 is 0.700 bits per heavy atom. The van der Waals surface area contributed by atoms with Gasteiger partial charge in [-0.05, 0) is 124 Å². The number of nitrogens with zero attached hydrogens (tertiary/aromatic N) is 4. The Kier molecular flexibility index (Phi) is 14.5. The molecule has 0 radical (unpaired) electrons. The highest BCUT2D eigenvalue weighted by Gasteiger charge is 2.52. The van der Waals surface area contributed by atoms with Crippen molar-refractivity contribution >= 4 is 17.9 Å². The molecule has 4 heterocycles. The Hall–Kier alpha value is -1.99. The molecule has 0 aromatic heterocycles. The van der Waals surface area contributed by atoms with Gasteiger partial charge in [0.15, 0.2) is 6.29 Å². The second-order valence-electron chi connectivity index (χ2n) is 23.5. The second kappa shape index (κ2) is 17.2. The Morgan fingerprint density at radius 1 is 0.450 bits per heavy atom. The lowest BCUT2D eigenvalue weighted by atomic mass is 9.79. The largest absolute Gasteiger partial charge is 0.462 e. The molecule has 0 bridgehead atoms. The van der Waals surface area contributed by atoms with Crippen molar-refractivity contribution in [2.24, 2.45) is 11.8 Å². The van der Waals surface area contributed by atoms with E-state index in [1.54, 1.807) is 0 Å². The molecule has 3 atom stereocenters. The van der Waals surface area contributed by atoms with Crippen LogP contribution < -0.4 is 0 Å². The fourth-order valence-corrected chi connectivity index (χ4v) is 11.3. The highest BCUT2D eigenvalue weighted by Crippen LogP contribution is 2.43. The van der Waals surface area contributed by atoms with Crippen molar-refractivity contribution in [3.8, 4) is 0 Å². The predicted octanol–water partition coefficient (Wildman–Crippen LogP) is 6.61. The van der Waals surface area contributed by atoms with Crippen molar-refractivity contribution < 1.29 is 59.3 Å². The maximum Gasteiger partial charge on any atom is 0.310 e. The Balaban J connectivity index is 1.72. The summed E-state index contributed by atoms with van der Waals surface area (Å²) in [6, 6.07) is 0. The number of hydrogen-bond acceptors (Lipinski definition) is 16. The molecule has 0 spiro atoms. The maximum atomic E-state index is 14.7. The fourth-order valence-electron chi connectivity index (χ4n) is 11.3. The first kappa shape index (κ1) is 50.7. The number of aliphatic hydroxyl groups excluding tert-OH is 1. The molecule has 4 fully saturated rings. The minimum atomic E-state index is -1.59. The summed E-state index contributed by atoms with van der Waals surface area (Å²) in [6.07, 6.45) is -2.72. The molecule has 0 saturated carbocycles. The van der Waals surface area contributed by atoms with Gasteiger partial charge in [-0.15, -0.1) is 0 Å². The molecule has 5 N–H and O–H groups in total. The molecule has 0 aliphatic carbocycles. The number of aliphatic hydroxyl groups is 1. The van der Waals surface area contributed by atoms with Crippen LogP contribution in [-0.4, -0.2) is 139 Å². The van der Waals surface area contributed by atoms with E-state index in [1.165, 1.54) is 20.3 Å². The lowest BCUT2D eigenvalue weighted by Crippen LogP contribution is -2.61. The fraction of sp³-hybridized carbons (Fsp3) is 0.932. The zero-order chi connectivity index (χ0) is 46.0. The third-order valence-electron chi connectivity index (χ3n) is 13.6. The molecular formula is C44H80N4O12. The highest BCUT2D eigenvalue weighted by molar-refractivity contribution is 5.86. The average molecular weight is 857 g/mol. The zero-order valence-electron chi connectivity index (χ0n) is 39.5. The first-order chi connectivity index (χ1) is 26.9. The van der Waals surface area contributed by atoms with E-state index < -0.39 is 118 Å². The zero-order valence-corrected chi connectivity index (χ0v) is 39.5. The molecule has 348 valence electrons. The SMILES string of the molecule is CC1(C)CC(OC(=O)CC(C(=O)OC2CC(C)(C)N(O)C(C)(C)C2)C(CC(O)OC2CC(C)(C)N(O)C(C)(C)C2)C(=O)OC2CC(C)(C)N(O)C(C)(C)C2)CC(C)(C)N1O. The molecule has 0 aromatic rings. The third kappa shape index (κ3) is 11.4. The summed E-state index contributed by atoms with van der Waals surface area (Å²) in [4.78, 5) is 43.5. The van der Waals surface area contributed by atoms with Crippen molar-refractivity contribution in [3.63, 3.8) is 0 Å². The van der Waals surface area contributed by atoms with Crippen molar-refractivity contribution in [2.45, 2.75) is 250 Å². The number of esters is 3. The van der Waals surface area contributed by atoms with Gasteiger partial charge < -0.3 is 44.9 Å². The van der Waals surface area contributed by atoms with Crippen LogP contribution in [0, 0.1) is 11.8 Å². The molecule has 4 aliphatic rings. The van der Waals surface area contributed by atoms with E-state index >= 15 is 0 Å². The number of ether oxygens (including phenoxy) is 4. The molecule has 4 saturated heterocycles. The van der Waals surface area contributed by atoms with E-state index in [4.69, 9.17) is 18.9 Å². The number of rotatable bonds is 12. The first-order valence-corrected chi connectivity index (χ1v) is 21.8. The van der Waals surface area contributed by atoms with E-state index in [2.05, 4.69) is 0 Å². The number of hydrogen-bond donors (Lipinski definition) is 5. The van der Waals surface area contributed by atoms with Crippen molar-refractivity contribution in [3.05, 3.63) is 0 Å². The van der Waals surface area contributed by atoms with Crippen LogP contribution in [0.15, 0.2) is 0 Å². The summed E-state index contributed by atoms with van der Waals surface area (Å²) >= 11 is 0. The van der Waals surface area contributed by atoms with E-state index in [9.17, 15) is 40.3 Å². The lowest BCUT2D eigenvalue weighted by Gasteiger charge is -2.51. The van der Waals surface area contributed by atoms with Gasteiger partial charge in [-0.1, -0.05) is 0 Å². The topological polar surface area (TPSA) is 202 Å². The Morgan fingerprint density at radius 3 is 1.00 bits per heavy atom. The van der Waals surface area contributed by atoms with Gasteiger partial charge in [0.2, 0.25) is 0 Å². The summed E-state index contributed by atoms with van der Waals surface area (Å²) in [5.74, 6) is -5.36. The smallest absolute Gasteiger partial charge is 0.310 e. The number of hydroxylamine groups is 8. The molecule has 60 heavy (non-hydrogen) atoms. The van der Waals surface area contributed by atoms with Gasteiger partial charge in [-0.25, -0.2) is 0 Å². The number of carbonyl (C=O) groups excluding carboxylic acids is 3. The van der Waals surface area contributed by atoms with Crippen LogP contribution in [0.4, 0.5) is 0 Å². The van der Waals surface area contributed by atoms with E-state index in [0.717, 1.165) is 0 Å². The van der Waals surface area contributed by atoms with Crippen molar-refractivity contribution in [1.82, 2.24) is 20.3 Å². The standard InChI is InChI=1S/C44H80N4O12/c1-37(2)19-27(20-38(3,4)45(37)53)57-33(49)17-31(35(51)59-29-23-41(9,10)47(55)42(11,12)24-29)32(36(52)60-30-25-43(13,14)48(56)44(15,16)26-30)18-34(50)58-28-21-39(5,6)46(54)40(7,8)22-28/h27-33,49,53-56H,17-26H2,1-16H3. The Bertz CT molecular complexity index is 1490. The summed E-state index contributed by atoms with van der Waals surface area (Å²) in [6.45, 7) is 29.6. The van der Waals surface area contributed by atoms with E-state index in [0.29, 0.717) is 25.7 Å². The number of carbonyl (C=O) groups is 3. The normalized spacial score (nSPS) is 28.9. The average Bonchev–Trinajstić information content (AvgIpc) is 3.04. The minimum Gasteiger partial charge on any atom is -0.462 e. The number of piperidine rings is 4. The quantitative estimate of drug-likeness (QED) is 0.0797. The molecular weight excluding hydrogens is 776 g/mol. The molecule has 0 amide bonds. The van der Waals surface area contributed by atoms with Gasteiger partial charge in [-0.3, -0.25) is 14.4 Å². The van der Waals surface area contributed by atoms with Crippen LogP contribution in [0.3, 0.4) is 0 Å². The second-order valence-corrected chi connectivity index (χ2v) is 23.5. The molecule has 4 rings (SSSR count). The summed E-state index contributed by atoms with van der Waals surface area (Å²) < 4.78 is 24.7. The summed E-state index contributed by atoms with van der Waals surface area (Å²) in [7, 11) is 0. The monoisotopic (exact) mass is 857 g/mol. The molecule has 16 heteroatoms. The predicted molar refractivity (Wildman–Crippen MR) is 221 cm³/mol. The van der Waals surface area contributed by atoms with Gasteiger partial charge in [0, 0.05) is 89.3 Å². The molecule has 3 unspecified atom stereocenters. The van der Waals surface area contributed by atoms with Crippen molar-refractivity contribution in [1.29, 1.82) is 0 Å². The van der Waals surface area contributed by atoms with Crippen LogP contribution in [0.5, 0.6) is 0 Å². The van der Waals surface area contributed by atoms with Crippen LogP contribution in [-0.2, 0) is 33.3 Å². The summed E-state index contributed by atoms with van der Waals surface area (Å²) in [5, 5.41) is 60.6. The third-order valence-corrected chi connectivity index (χ3v) is 13.6. The van der Waals surface area contributed by atoms with Crippen molar-refractivity contribution in [2.75, 3.05) is 0 Å². The van der Waals surface area contributed by atoms with E-state index in [-0.39, 0.29) is 25.7 Å². The van der Waals surface area contributed by atoms with Gasteiger partial charge in [0.25, 0.3) is 0 Å². The highest BCUT2D eigenvalue weighted by atomic mass is 16.6. The van der Waals surface area contributed by atoms with Gasteiger partial charge in [-0.2, -0.15) is 20.3 Å². The minimum absolute atomic E-state index is 0.264. The lowest BCUT2D eigenvalue weighted by molar-refractivity contribution is -0.275. The molecule has 4 aliphatic heterocycles. The van der Waals surface area contributed by atoms with Crippen LogP contribution >= 0.6 is 0 Å². The molecule has 16 nitrogen and oxygen atoms in total. The summed E-state index contributed by atoms with van der Waals surface area (Å²) in [5.41, 5.74) is -6.00. The van der Waals surface area contributed by atoms with Gasteiger partial charge in [0.1, 0.15) is 18.3 Å². The van der Waals surface area contributed by atoms with Crippen LogP contribution in [0.25, 0.3) is 0 Å². The Labute approximate surface area is 358 Å². The van der Waals surface area contributed by atoms with E-state index in [1.807, 2.05) is 111 Å². The first-order valence-electron chi connectivity index (χ1n) is 21.8.